The predicted octanol–water partition coefficient (Wildman–Crippen LogP) is -1.24. The van der Waals surface area contributed by atoms with Gasteiger partial charge in [-0.15, -0.1) is 0 Å². The number of nitrogens with one attached hydrogen (secondary N) is 1. The van der Waals surface area contributed by atoms with Crippen LogP contribution < -0.4 is 11.2 Å². The van der Waals surface area contributed by atoms with Gasteiger partial charge in [0.1, 0.15) is 19.0 Å². The number of ether oxygens (including phenoxy) is 1. The first kappa shape index (κ1) is 17.0. The molecule has 0 unspecified atom stereocenters. The van der Waals surface area contributed by atoms with E-state index in [1.165, 1.54) is 0 Å². The van der Waals surface area contributed by atoms with Crippen molar-refractivity contribution in [3.8, 4) is 0 Å². The highest BCUT2D eigenvalue weighted by Crippen LogP contribution is 2.38. The number of alkyl halides is 1. The molecule has 0 bridgehead atoms. The van der Waals surface area contributed by atoms with E-state index in [0.717, 1.165) is 10.8 Å². The van der Waals surface area contributed by atoms with Crippen molar-refractivity contribution in [2.24, 2.45) is 0 Å². The Kier molecular flexibility index (Phi) is 4.95. The maximum Gasteiger partial charge on any atom is 0.469 e. The average molecular weight is 340 g/mol. The second kappa shape index (κ2) is 6.41. The summed E-state index contributed by atoms with van der Waals surface area (Å²) in [7, 11) is -4.72. The number of rotatable bonds is 5. The molecule has 12 heteroatoms. The van der Waals surface area contributed by atoms with Gasteiger partial charge in [0.15, 0.2) is 0 Å². The first-order chi connectivity index (χ1) is 10.2. The first-order valence-corrected chi connectivity index (χ1v) is 7.68. The highest BCUT2D eigenvalue weighted by Gasteiger charge is 2.37. The van der Waals surface area contributed by atoms with E-state index >= 15 is 0 Å². The molecule has 1 fully saturated rings. The van der Waals surface area contributed by atoms with E-state index in [-0.39, 0.29) is 12.0 Å². The predicted molar refractivity (Wildman–Crippen MR) is 68.7 cm³/mol. The second-order valence-electron chi connectivity index (χ2n) is 4.67. The van der Waals surface area contributed by atoms with Gasteiger partial charge in [0.2, 0.25) is 0 Å². The molecule has 0 aromatic carbocycles. The highest BCUT2D eigenvalue weighted by atomic mass is 31.2. The number of aromatic nitrogens is 2. The smallest absolute Gasteiger partial charge is 0.390 e. The fourth-order valence-electron chi connectivity index (χ4n) is 2.04. The van der Waals surface area contributed by atoms with E-state index in [1.807, 2.05) is 4.98 Å². The van der Waals surface area contributed by atoms with Crippen LogP contribution in [0.5, 0.6) is 0 Å². The number of halogens is 1. The van der Waals surface area contributed by atoms with Crippen LogP contribution >= 0.6 is 7.82 Å². The SMILES string of the molecule is O=c1[nH]c(=O)n([C@H]2C[C@H](O)[C@@H](COP(=O)(O)O)O2)cc1CF. The minimum Gasteiger partial charge on any atom is -0.390 e. The molecular weight excluding hydrogens is 326 g/mol. The summed E-state index contributed by atoms with van der Waals surface area (Å²) in [5.41, 5.74) is -1.99. The Balaban J connectivity index is 2.17. The van der Waals surface area contributed by atoms with Crippen LogP contribution in [0.25, 0.3) is 0 Å². The van der Waals surface area contributed by atoms with Crippen molar-refractivity contribution in [2.75, 3.05) is 6.61 Å². The van der Waals surface area contributed by atoms with E-state index in [1.54, 1.807) is 0 Å². The topological polar surface area (TPSA) is 151 Å². The molecule has 0 radical (unpaired) electrons. The van der Waals surface area contributed by atoms with Gasteiger partial charge in [0.25, 0.3) is 5.56 Å². The van der Waals surface area contributed by atoms with Crippen molar-refractivity contribution in [3.05, 3.63) is 32.6 Å². The second-order valence-corrected chi connectivity index (χ2v) is 5.91. The van der Waals surface area contributed by atoms with E-state index in [9.17, 15) is 23.7 Å². The van der Waals surface area contributed by atoms with Crippen molar-refractivity contribution in [1.29, 1.82) is 0 Å². The maximum absolute atomic E-state index is 12.7. The Morgan fingerprint density at radius 2 is 2.18 bits per heavy atom. The average Bonchev–Trinajstić information content (AvgIpc) is 2.77. The number of phosphoric acid groups is 1. The number of aromatic amines is 1. The van der Waals surface area contributed by atoms with Gasteiger partial charge in [-0.3, -0.25) is 18.9 Å². The summed E-state index contributed by atoms with van der Waals surface area (Å²) in [5, 5.41) is 9.77. The van der Waals surface area contributed by atoms with Gasteiger partial charge in [-0.1, -0.05) is 0 Å². The molecule has 1 aliphatic heterocycles. The number of phosphoric ester groups is 1. The number of hydrogen-bond donors (Lipinski definition) is 4. The Morgan fingerprint density at radius 1 is 1.50 bits per heavy atom. The van der Waals surface area contributed by atoms with Crippen LogP contribution in [0.15, 0.2) is 15.8 Å². The number of aliphatic hydroxyl groups excluding tert-OH is 1. The van der Waals surface area contributed by atoms with Crippen LogP contribution in [0, 0.1) is 0 Å². The van der Waals surface area contributed by atoms with Gasteiger partial charge in [-0.05, 0) is 0 Å². The normalized spacial score (nSPS) is 25.5. The zero-order chi connectivity index (χ0) is 16.5. The molecule has 4 N–H and O–H groups in total. The molecule has 0 saturated carbocycles. The van der Waals surface area contributed by atoms with Crippen molar-refractivity contribution in [3.63, 3.8) is 0 Å². The molecule has 1 aliphatic rings. The first-order valence-electron chi connectivity index (χ1n) is 6.15. The fraction of sp³-hybridized carbons (Fsp3) is 0.600. The lowest BCUT2D eigenvalue weighted by Gasteiger charge is -2.16. The van der Waals surface area contributed by atoms with Gasteiger partial charge in [-0.25, -0.2) is 13.8 Å². The standard InChI is InChI=1S/C10H14FN2O8P/c11-2-5-3-13(10(16)12-9(5)15)8-1-6(14)7(21-8)4-20-22(17,18)19/h3,6-8,14H,1-2,4H2,(H,12,15,16)(H2,17,18,19)/t6-,7+,8+/m0/s1. The van der Waals surface area contributed by atoms with E-state index < -0.39 is 50.8 Å². The Morgan fingerprint density at radius 3 is 2.77 bits per heavy atom. The summed E-state index contributed by atoms with van der Waals surface area (Å²) in [5.74, 6) is 0. The molecule has 1 saturated heterocycles. The molecule has 2 heterocycles. The molecule has 22 heavy (non-hydrogen) atoms. The third-order valence-corrected chi connectivity index (χ3v) is 3.59. The molecule has 1 aromatic heterocycles. The molecule has 0 amide bonds. The fourth-order valence-corrected chi connectivity index (χ4v) is 2.38. The van der Waals surface area contributed by atoms with Crippen LogP contribution in [0.3, 0.4) is 0 Å². The van der Waals surface area contributed by atoms with Crippen LogP contribution in [0.1, 0.15) is 18.2 Å². The van der Waals surface area contributed by atoms with Gasteiger partial charge < -0.3 is 19.6 Å². The number of nitrogens with zero attached hydrogens (tertiary/aromatic N) is 1. The lowest BCUT2D eigenvalue weighted by Crippen LogP contribution is -2.34. The molecule has 1 aromatic rings. The van der Waals surface area contributed by atoms with Crippen LogP contribution in [-0.2, 0) is 20.5 Å². The monoisotopic (exact) mass is 340 g/mol. The van der Waals surface area contributed by atoms with Crippen LogP contribution in [0.4, 0.5) is 4.39 Å². The summed E-state index contributed by atoms with van der Waals surface area (Å²) in [6, 6.07) is 0. The molecule has 2 rings (SSSR count). The van der Waals surface area contributed by atoms with Crippen molar-refractivity contribution < 1.29 is 33.1 Å². The zero-order valence-electron chi connectivity index (χ0n) is 11.1. The molecule has 10 nitrogen and oxygen atoms in total. The van der Waals surface area contributed by atoms with Gasteiger partial charge >= 0.3 is 13.5 Å². The summed E-state index contributed by atoms with van der Waals surface area (Å²) in [6.07, 6.45) is -2.36. The summed E-state index contributed by atoms with van der Waals surface area (Å²) < 4.78 is 33.7. The minimum atomic E-state index is -4.72. The molecule has 124 valence electrons. The molecule has 3 atom stereocenters. The minimum absolute atomic E-state index is 0.0904. The number of aliphatic hydroxyl groups is 1. The lowest BCUT2D eigenvalue weighted by atomic mass is 10.2. The number of hydrogen-bond acceptors (Lipinski definition) is 6. The van der Waals surface area contributed by atoms with Crippen molar-refractivity contribution in [2.45, 2.75) is 31.5 Å². The van der Waals surface area contributed by atoms with E-state index in [2.05, 4.69) is 4.52 Å². The number of H-pyrrole nitrogens is 1. The highest BCUT2D eigenvalue weighted by molar-refractivity contribution is 7.46. The van der Waals surface area contributed by atoms with Gasteiger partial charge in [0, 0.05) is 12.6 Å². The largest absolute Gasteiger partial charge is 0.469 e. The molecule has 0 aliphatic carbocycles. The molecule has 0 spiro atoms. The summed E-state index contributed by atoms with van der Waals surface area (Å²) in [6.45, 7) is -1.67. The summed E-state index contributed by atoms with van der Waals surface area (Å²) >= 11 is 0. The molecular formula is C10H14FN2O8P. The maximum atomic E-state index is 12.7. The zero-order valence-corrected chi connectivity index (χ0v) is 12.0. The lowest BCUT2D eigenvalue weighted by molar-refractivity contribution is -0.0452. The Labute approximate surface area is 122 Å². The summed E-state index contributed by atoms with van der Waals surface area (Å²) in [4.78, 5) is 42.1. The van der Waals surface area contributed by atoms with E-state index in [0.29, 0.717) is 0 Å². The Hall–Kier alpha value is -1.36. The van der Waals surface area contributed by atoms with Gasteiger partial charge in [-0.2, -0.15) is 0 Å². The van der Waals surface area contributed by atoms with Crippen LogP contribution in [0.2, 0.25) is 0 Å². The van der Waals surface area contributed by atoms with Crippen molar-refractivity contribution >= 4 is 7.82 Å². The quantitative estimate of drug-likeness (QED) is 0.486. The van der Waals surface area contributed by atoms with E-state index in [4.69, 9.17) is 14.5 Å². The van der Waals surface area contributed by atoms with Gasteiger partial charge in [0.05, 0.1) is 18.3 Å². The van der Waals surface area contributed by atoms with Crippen LogP contribution in [-0.4, -0.2) is 43.3 Å². The van der Waals surface area contributed by atoms with Crippen molar-refractivity contribution in [1.82, 2.24) is 9.55 Å². The third-order valence-electron chi connectivity index (χ3n) is 3.11. The third kappa shape index (κ3) is 3.88. The Bertz CT molecular complexity index is 697.